The van der Waals surface area contributed by atoms with Gasteiger partial charge in [-0.2, -0.15) is 0 Å². The molecule has 2 aliphatic heterocycles. The average molecular weight is 491 g/mol. The molecule has 6 rings (SSSR count). The highest BCUT2D eigenvalue weighted by Gasteiger charge is 2.59. The molecule has 1 aromatic heterocycles. The Labute approximate surface area is 211 Å². The lowest BCUT2D eigenvalue weighted by molar-refractivity contribution is -0.135. The fourth-order valence-electron chi connectivity index (χ4n) is 6.08. The summed E-state index contributed by atoms with van der Waals surface area (Å²) in [4.78, 5) is 49.2. The van der Waals surface area contributed by atoms with Gasteiger partial charge in [-0.25, -0.2) is 4.79 Å². The third kappa shape index (κ3) is 4.20. The summed E-state index contributed by atoms with van der Waals surface area (Å²) in [5.74, 6) is 0.840. The van der Waals surface area contributed by atoms with Gasteiger partial charge in [0, 0.05) is 62.2 Å². The summed E-state index contributed by atoms with van der Waals surface area (Å²) in [5, 5.41) is 0.925. The van der Waals surface area contributed by atoms with Crippen molar-refractivity contribution in [2.45, 2.75) is 44.9 Å². The number of pyridine rings is 1. The first-order valence-electron chi connectivity index (χ1n) is 13.4. The number of nitrogens with zero attached hydrogens (tertiary/aromatic N) is 4. The van der Waals surface area contributed by atoms with Crippen LogP contribution in [0.2, 0.25) is 0 Å². The number of piperidine rings is 1. The molecule has 2 aliphatic carbocycles. The van der Waals surface area contributed by atoms with E-state index in [1.54, 1.807) is 11.8 Å². The Morgan fingerprint density at radius 2 is 1.67 bits per heavy atom. The Morgan fingerprint density at radius 1 is 0.972 bits per heavy atom. The molecule has 36 heavy (non-hydrogen) atoms. The molecule has 190 valence electrons. The normalized spacial score (nSPS) is 23.1. The number of ether oxygens (including phenoxy) is 1. The number of piperazine rings is 1. The Balaban J connectivity index is 1.08. The highest BCUT2D eigenvalue weighted by atomic mass is 16.6. The zero-order valence-electron chi connectivity index (χ0n) is 20.9. The van der Waals surface area contributed by atoms with Gasteiger partial charge < -0.3 is 19.4 Å². The van der Waals surface area contributed by atoms with E-state index >= 15 is 0 Å². The van der Waals surface area contributed by atoms with E-state index in [1.807, 2.05) is 40.1 Å². The number of fused-ring (bicyclic) bond motifs is 1. The van der Waals surface area contributed by atoms with Gasteiger partial charge in [0.2, 0.25) is 5.91 Å². The van der Waals surface area contributed by atoms with Gasteiger partial charge in [-0.15, -0.1) is 0 Å². The van der Waals surface area contributed by atoms with Crippen molar-refractivity contribution in [2.75, 3.05) is 45.9 Å². The number of rotatable bonds is 4. The fraction of sp³-hybridized carbons (Fsp3) is 0.571. The number of amides is 3. The maximum Gasteiger partial charge on any atom is 0.409 e. The Hall–Kier alpha value is -3.16. The van der Waals surface area contributed by atoms with Crippen molar-refractivity contribution < 1.29 is 19.1 Å². The van der Waals surface area contributed by atoms with Crippen LogP contribution in [-0.4, -0.2) is 83.5 Å². The van der Waals surface area contributed by atoms with Crippen LogP contribution in [0.15, 0.2) is 30.3 Å². The number of para-hydroxylation sites is 1. The molecule has 1 aromatic carbocycles. The molecule has 0 N–H and O–H groups in total. The molecule has 0 radical (unpaired) electrons. The van der Waals surface area contributed by atoms with Crippen molar-refractivity contribution >= 4 is 28.8 Å². The van der Waals surface area contributed by atoms with Crippen molar-refractivity contribution in [3.8, 4) is 0 Å². The molecule has 0 unspecified atom stereocenters. The molecule has 1 spiro atoms. The number of carbonyl (C=O) groups is 3. The molecule has 8 heteroatoms. The standard InChI is InChI=1S/C28H34N4O4/c1-2-36-27(35)32-15-13-31(14-16-32)26(34)22-18-28(22)9-11-30(12-10-28)25(33)21-17-24(19-7-8-19)29-23-6-4-3-5-20(21)23/h3-6,17,19,22H,2,7-16,18H2,1H3/t22-/m0/s1. The zero-order valence-corrected chi connectivity index (χ0v) is 20.9. The minimum absolute atomic E-state index is 0.0334. The van der Waals surface area contributed by atoms with Gasteiger partial charge in [-0.05, 0) is 56.6 Å². The molecule has 3 heterocycles. The van der Waals surface area contributed by atoms with E-state index in [-0.39, 0.29) is 29.2 Å². The Kier molecular flexibility index (Phi) is 5.85. The number of likely N-dealkylation sites (tertiary alicyclic amines) is 1. The lowest BCUT2D eigenvalue weighted by atomic mass is 9.90. The second-order valence-electron chi connectivity index (χ2n) is 10.8. The first-order valence-corrected chi connectivity index (χ1v) is 13.4. The maximum absolute atomic E-state index is 13.6. The quantitative estimate of drug-likeness (QED) is 0.653. The predicted molar refractivity (Wildman–Crippen MR) is 135 cm³/mol. The number of hydrogen-bond donors (Lipinski definition) is 0. The third-order valence-electron chi connectivity index (χ3n) is 8.61. The highest BCUT2D eigenvalue weighted by Crippen LogP contribution is 2.60. The minimum Gasteiger partial charge on any atom is -0.450 e. The second-order valence-corrected chi connectivity index (χ2v) is 10.8. The largest absolute Gasteiger partial charge is 0.450 e. The molecule has 0 bridgehead atoms. The first-order chi connectivity index (χ1) is 17.5. The molecular formula is C28H34N4O4. The number of hydrogen-bond acceptors (Lipinski definition) is 5. The molecule has 4 aliphatic rings. The lowest BCUT2D eigenvalue weighted by Crippen LogP contribution is -2.51. The SMILES string of the molecule is CCOC(=O)N1CCN(C(=O)[C@@H]2CC23CCN(C(=O)c2cc(C4CC4)nc4ccccc24)CC3)CC1. The fourth-order valence-corrected chi connectivity index (χ4v) is 6.08. The first kappa shape index (κ1) is 23.3. The van der Waals surface area contributed by atoms with E-state index in [0.29, 0.717) is 51.8 Å². The van der Waals surface area contributed by atoms with Crippen LogP contribution in [0.3, 0.4) is 0 Å². The van der Waals surface area contributed by atoms with Crippen molar-refractivity contribution in [3.63, 3.8) is 0 Å². The van der Waals surface area contributed by atoms with E-state index in [4.69, 9.17) is 9.72 Å². The smallest absolute Gasteiger partial charge is 0.409 e. The number of carbonyl (C=O) groups excluding carboxylic acids is 3. The molecule has 8 nitrogen and oxygen atoms in total. The molecule has 1 atom stereocenters. The lowest BCUT2D eigenvalue weighted by Gasteiger charge is -2.36. The molecule has 2 saturated heterocycles. The zero-order chi connectivity index (χ0) is 24.9. The minimum atomic E-state index is -0.296. The van der Waals surface area contributed by atoms with Crippen LogP contribution in [-0.2, 0) is 9.53 Å². The molecule has 2 aromatic rings. The molecule has 2 saturated carbocycles. The summed E-state index contributed by atoms with van der Waals surface area (Å²) < 4.78 is 5.08. The average Bonchev–Trinajstić information content (AvgIpc) is 3.85. The second kappa shape index (κ2) is 9.05. The van der Waals surface area contributed by atoms with E-state index in [1.165, 1.54) is 0 Å². The van der Waals surface area contributed by atoms with Crippen LogP contribution in [0.25, 0.3) is 10.9 Å². The maximum atomic E-state index is 13.6. The predicted octanol–water partition coefficient (Wildman–Crippen LogP) is 3.66. The van der Waals surface area contributed by atoms with Crippen molar-refractivity contribution in [2.24, 2.45) is 11.3 Å². The van der Waals surface area contributed by atoms with Gasteiger partial charge in [0.05, 0.1) is 17.7 Å². The van der Waals surface area contributed by atoms with Crippen molar-refractivity contribution in [1.82, 2.24) is 19.7 Å². The van der Waals surface area contributed by atoms with Crippen molar-refractivity contribution in [1.29, 1.82) is 0 Å². The monoisotopic (exact) mass is 490 g/mol. The van der Waals surface area contributed by atoms with Gasteiger partial charge in [-0.1, -0.05) is 18.2 Å². The topological polar surface area (TPSA) is 83.0 Å². The van der Waals surface area contributed by atoms with Gasteiger partial charge in [0.1, 0.15) is 0 Å². The summed E-state index contributed by atoms with van der Waals surface area (Å²) in [6.45, 7) is 5.71. The van der Waals surface area contributed by atoms with Crippen molar-refractivity contribution in [3.05, 3.63) is 41.6 Å². The Morgan fingerprint density at radius 3 is 2.36 bits per heavy atom. The van der Waals surface area contributed by atoms with E-state index in [2.05, 4.69) is 0 Å². The van der Waals surface area contributed by atoms with E-state index in [0.717, 1.165) is 54.3 Å². The summed E-state index contributed by atoms with van der Waals surface area (Å²) in [7, 11) is 0. The molecule has 4 fully saturated rings. The van der Waals surface area contributed by atoms with Crippen LogP contribution >= 0.6 is 0 Å². The molecular weight excluding hydrogens is 456 g/mol. The summed E-state index contributed by atoms with van der Waals surface area (Å²) in [5.41, 5.74) is 2.74. The van der Waals surface area contributed by atoms with Crippen LogP contribution in [0.4, 0.5) is 4.79 Å². The van der Waals surface area contributed by atoms with Crippen LogP contribution < -0.4 is 0 Å². The Bertz CT molecular complexity index is 1190. The summed E-state index contributed by atoms with van der Waals surface area (Å²) in [6, 6.07) is 9.96. The van der Waals surface area contributed by atoms with Gasteiger partial charge >= 0.3 is 6.09 Å². The van der Waals surface area contributed by atoms with Gasteiger partial charge in [0.15, 0.2) is 0 Å². The third-order valence-corrected chi connectivity index (χ3v) is 8.61. The van der Waals surface area contributed by atoms with Gasteiger partial charge in [-0.3, -0.25) is 14.6 Å². The van der Waals surface area contributed by atoms with Crippen LogP contribution in [0, 0.1) is 11.3 Å². The van der Waals surface area contributed by atoms with Crippen LogP contribution in [0.5, 0.6) is 0 Å². The number of benzene rings is 1. The van der Waals surface area contributed by atoms with Gasteiger partial charge in [0.25, 0.3) is 5.91 Å². The molecule has 3 amide bonds. The van der Waals surface area contributed by atoms with E-state index in [9.17, 15) is 14.4 Å². The number of aromatic nitrogens is 1. The van der Waals surface area contributed by atoms with E-state index < -0.39 is 0 Å². The van der Waals surface area contributed by atoms with Crippen LogP contribution in [0.1, 0.15) is 61.0 Å². The summed E-state index contributed by atoms with van der Waals surface area (Å²) >= 11 is 0. The summed E-state index contributed by atoms with van der Waals surface area (Å²) in [6.07, 6.45) is 4.66. The highest BCUT2D eigenvalue weighted by molar-refractivity contribution is 6.06.